The highest BCUT2D eigenvalue weighted by Gasteiger charge is 2.47. The van der Waals surface area contributed by atoms with Gasteiger partial charge in [0.15, 0.2) is 0 Å². The zero-order chi connectivity index (χ0) is 28.8. The Balaban J connectivity index is 1.49. The molecule has 1 aromatic heterocycles. The van der Waals surface area contributed by atoms with Gasteiger partial charge < -0.3 is 9.80 Å². The van der Waals surface area contributed by atoms with E-state index in [9.17, 15) is 0 Å². The van der Waals surface area contributed by atoms with E-state index in [4.69, 9.17) is 4.98 Å². The van der Waals surface area contributed by atoms with Crippen molar-refractivity contribution in [2.24, 2.45) is 0 Å². The fraction of sp³-hybridized carbons (Fsp3) is 0.0513. The summed E-state index contributed by atoms with van der Waals surface area (Å²) in [5.41, 5.74) is 9.43. The number of hydrogen-bond donors (Lipinski definition) is 0. The van der Waals surface area contributed by atoms with Crippen molar-refractivity contribution in [2.75, 3.05) is 16.8 Å². The molecule has 0 unspecified atom stereocenters. The van der Waals surface area contributed by atoms with E-state index < -0.39 is 5.54 Å². The number of hydrogen-bond acceptors (Lipinski definition) is 3. The maximum atomic E-state index is 5.21. The van der Waals surface area contributed by atoms with Gasteiger partial charge in [0.05, 0.1) is 16.7 Å². The fourth-order valence-corrected chi connectivity index (χ4v) is 6.78. The smallest absolute Gasteiger partial charge is 0.212 e. The first-order chi connectivity index (χ1) is 21.3. The Morgan fingerprint density at radius 1 is 0.535 bits per heavy atom. The van der Waals surface area contributed by atoms with Crippen LogP contribution in [-0.4, -0.2) is 16.6 Å². The molecule has 8 rings (SSSR count). The summed E-state index contributed by atoms with van der Waals surface area (Å²) >= 11 is 0. The van der Waals surface area contributed by atoms with Gasteiger partial charge in [-0.15, -0.1) is 0 Å². The van der Waals surface area contributed by atoms with Gasteiger partial charge >= 0.3 is 0 Å². The highest BCUT2D eigenvalue weighted by Crippen LogP contribution is 2.52. The first-order valence-corrected chi connectivity index (χ1v) is 14.6. The Morgan fingerprint density at radius 3 is 1.63 bits per heavy atom. The summed E-state index contributed by atoms with van der Waals surface area (Å²) in [5.74, 6) is 0.914. The molecule has 4 nitrogen and oxygen atoms in total. The molecule has 1 aliphatic rings. The van der Waals surface area contributed by atoms with Crippen LogP contribution in [0.2, 0.25) is 0 Å². The normalized spacial score (nSPS) is 13.4. The van der Waals surface area contributed by atoms with Gasteiger partial charge in [0, 0.05) is 29.7 Å². The van der Waals surface area contributed by atoms with E-state index in [-0.39, 0.29) is 0 Å². The third kappa shape index (κ3) is 3.80. The van der Waals surface area contributed by atoms with E-state index in [1.807, 2.05) is 0 Å². The monoisotopic (exact) mass is 554 g/mol. The Kier molecular flexibility index (Phi) is 5.86. The van der Waals surface area contributed by atoms with Crippen molar-refractivity contribution in [3.05, 3.63) is 180 Å². The lowest BCUT2D eigenvalue weighted by Gasteiger charge is -2.48. The predicted molar refractivity (Wildman–Crippen MR) is 177 cm³/mol. The summed E-state index contributed by atoms with van der Waals surface area (Å²) in [7, 11) is 2.18. The molecule has 0 radical (unpaired) electrons. The topological polar surface area (TPSA) is 24.3 Å². The number of para-hydroxylation sites is 4. The summed E-state index contributed by atoms with van der Waals surface area (Å²) in [6.07, 6.45) is 0. The molecule has 2 heterocycles. The Hall–Kier alpha value is -5.61. The number of aromatic nitrogens is 2. The first-order valence-electron chi connectivity index (χ1n) is 14.6. The molecule has 43 heavy (non-hydrogen) atoms. The molecule has 0 atom stereocenters. The van der Waals surface area contributed by atoms with Crippen LogP contribution in [0.5, 0.6) is 0 Å². The van der Waals surface area contributed by atoms with Crippen LogP contribution in [0, 0.1) is 0 Å². The molecular formula is C39H30N4. The minimum Gasteiger partial charge on any atom is -0.327 e. The molecule has 4 heteroatoms. The van der Waals surface area contributed by atoms with Crippen molar-refractivity contribution in [3.63, 3.8) is 0 Å². The number of nitrogens with zero attached hydrogens (tertiary/aromatic N) is 4. The minimum absolute atomic E-state index is 0.635. The number of anilines is 4. The second-order valence-electron chi connectivity index (χ2n) is 10.9. The number of imidazole rings is 1. The zero-order valence-electron chi connectivity index (χ0n) is 23.9. The number of benzene rings is 6. The van der Waals surface area contributed by atoms with E-state index in [0.717, 1.165) is 39.7 Å². The lowest BCUT2D eigenvalue weighted by molar-refractivity contribution is 0.564. The predicted octanol–water partition coefficient (Wildman–Crippen LogP) is 9.24. The van der Waals surface area contributed by atoms with Gasteiger partial charge in [0.25, 0.3) is 0 Å². The molecule has 0 amide bonds. The summed E-state index contributed by atoms with van der Waals surface area (Å²) in [6, 6.07) is 58.2. The van der Waals surface area contributed by atoms with Crippen molar-refractivity contribution >= 4 is 34.0 Å². The maximum Gasteiger partial charge on any atom is 0.212 e. The standard InChI is InChI=1S/C39H30N4/c1-41-38-40-35-24-14-15-25-37(35)43(38)36-27-26-33(42(31-20-10-4-11-21-31)32-22-12-5-13-23-32)28-34(36)39(41,29-16-6-2-7-17-29)30-18-8-3-9-19-30/h2-28H,1H3. The molecule has 0 aliphatic carbocycles. The van der Waals surface area contributed by atoms with Crippen LogP contribution < -0.4 is 9.80 Å². The van der Waals surface area contributed by atoms with Gasteiger partial charge in [-0.2, -0.15) is 0 Å². The van der Waals surface area contributed by atoms with E-state index in [2.05, 4.69) is 185 Å². The second kappa shape index (κ2) is 10.0. The van der Waals surface area contributed by atoms with Crippen molar-refractivity contribution in [2.45, 2.75) is 5.54 Å². The first kappa shape index (κ1) is 25.1. The highest BCUT2D eigenvalue weighted by molar-refractivity contribution is 5.87. The SMILES string of the molecule is CN1c2nc3ccccc3n2-c2ccc(N(c3ccccc3)c3ccccc3)cc2C1(c1ccccc1)c1ccccc1. The van der Waals surface area contributed by atoms with Crippen LogP contribution >= 0.6 is 0 Å². The van der Waals surface area contributed by atoms with Crippen molar-refractivity contribution in [1.29, 1.82) is 0 Å². The molecule has 7 aromatic rings. The molecule has 0 bridgehead atoms. The van der Waals surface area contributed by atoms with Gasteiger partial charge in [-0.3, -0.25) is 4.57 Å². The molecule has 0 spiro atoms. The van der Waals surface area contributed by atoms with Gasteiger partial charge in [-0.1, -0.05) is 109 Å². The third-order valence-electron chi connectivity index (χ3n) is 8.63. The van der Waals surface area contributed by atoms with E-state index in [0.29, 0.717) is 0 Å². The molecule has 0 saturated heterocycles. The zero-order valence-corrected chi connectivity index (χ0v) is 23.9. The summed E-state index contributed by atoms with van der Waals surface area (Å²) in [5, 5.41) is 0. The van der Waals surface area contributed by atoms with Crippen LogP contribution in [0.1, 0.15) is 16.7 Å². The molecule has 0 fully saturated rings. The largest absolute Gasteiger partial charge is 0.327 e. The summed E-state index contributed by atoms with van der Waals surface area (Å²) in [6.45, 7) is 0. The van der Waals surface area contributed by atoms with Crippen LogP contribution in [0.15, 0.2) is 164 Å². The maximum absolute atomic E-state index is 5.21. The molecule has 6 aromatic carbocycles. The van der Waals surface area contributed by atoms with Gasteiger partial charge in [0.2, 0.25) is 5.95 Å². The van der Waals surface area contributed by atoms with Gasteiger partial charge in [-0.05, 0) is 65.7 Å². The van der Waals surface area contributed by atoms with Crippen LogP contribution in [0.3, 0.4) is 0 Å². The van der Waals surface area contributed by atoms with Crippen molar-refractivity contribution < 1.29 is 0 Å². The van der Waals surface area contributed by atoms with E-state index >= 15 is 0 Å². The number of fused-ring (bicyclic) bond motifs is 5. The molecule has 0 N–H and O–H groups in total. The van der Waals surface area contributed by atoms with E-state index in [1.165, 1.54) is 16.7 Å². The average molecular weight is 555 g/mol. The van der Waals surface area contributed by atoms with Crippen LogP contribution in [0.4, 0.5) is 23.0 Å². The number of rotatable bonds is 5. The summed E-state index contributed by atoms with van der Waals surface area (Å²) < 4.78 is 2.31. The fourth-order valence-electron chi connectivity index (χ4n) is 6.78. The molecule has 1 aliphatic heterocycles. The van der Waals surface area contributed by atoms with Crippen LogP contribution in [0.25, 0.3) is 16.7 Å². The van der Waals surface area contributed by atoms with E-state index in [1.54, 1.807) is 0 Å². The second-order valence-corrected chi connectivity index (χ2v) is 10.9. The van der Waals surface area contributed by atoms with Crippen molar-refractivity contribution in [3.8, 4) is 5.69 Å². The minimum atomic E-state index is -0.635. The Morgan fingerprint density at radius 2 is 1.05 bits per heavy atom. The highest BCUT2D eigenvalue weighted by atomic mass is 15.4. The van der Waals surface area contributed by atoms with Gasteiger partial charge in [0.1, 0.15) is 5.54 Å². The Labute approximate surface area is 251 Å². The third-order valence-corrected chi connectivity index (χ3v) is 8.63. The lowest BCUT2D eigenvalue weighted by atomic mass is 9.74. The molecule has 0 saturated carbocycles. The molecular weight excluding hydrogens is 524 g/mol. The lowest BCUT2D eigenvalue weighted by Crippen LogP contribution is -2.50. The van der Waals surface area contributed by atoms with Gasteiger partial charge in [-0.25, -0.2) is 4.98 Å². The quantitative estimate of drug-likeness (QED) is 0.212. The molecule has 206 valence electrons. The van der Waals surface area contributed by atoms with Crippen molar-refractivity contribution in [1.82, 2.24) is 9.55 Å². The Bertz CT molecular complexity index is 1960. The average Bonchev–Trinajstić information content (AvgIpc) is 3.47. The van der Waals surface area contributed by atoms with Crippen LogP contribution in [-0.2, 0) is 5.54 Å². The summed E-state index contributed by atoms with van der Waals surface area (Å²) in [4.78, 5) is 9.91.